The molecule has 1 aliphatic heterocycles. The summed E-state index contributed by atoms with van der Waals surface area (Å²) < 4.78 is 5.36. The molecule has 2 heteroatoms. The van der Waals surface area contributed by atoms with E-state index in [2.05, 4.69) is 0 Å². The maximum absolute atomic E-state index is 8.83. The molecule has 1 unspecified atom stereocenters. The zero-order chi connectivity index (χ0) is 6.74. The van der Waals surface area contributed by atoms with E-state index in [1.807, 2.05) is 6.92 Å². The van der Waals surface area contributed by atoms with Crippen molar-refractivity contribution in [1.29, 1.82) is 0 Å². The van der Waals surface area contributed by atoms with Crippen LogP contribution in [0.3, 0.4) is 0 Å². The summed E-state index contributed by atoms with van der Waals surface area (Å²) in [5.74, 6) is 0. The zero-order valence-electron chi connectivity index (χ0n) is 5.89. The second kappa shape index (κ2) is 2.67. The van der Waals surface area contributed by atoms with Crippen molar-refractivity contribution in [3.05, 3.63) is 0 Å². The van der Waals surface area contributed by atoms with E-state index in [1.54, 1.807) is 0 Å². The fourth-order valence-electron chi connectivity index (χ4n) is 1.12. The molecule has 0 aliphatic carbocycles. The van der Waals surface area contributed by atoms with Gasteiger partial charge in [0.2, 0.25) is 0 Å². The van der Waals surface area contributed by atoms with E-state index in [4.69, 9.17) is 9.84 Å². The van der Waals surface area contributed by atoms with Crippen LogP contribution in [-0.4, -0.2) is 23.9 Å². The molecule has 1 heterocycles. The molecule has 0 aromatic heterocycles. The van der Waals surface area contributed by atoms with E-state index >= 15 is 0 Å². The van der Waals surface area contributed by atoms with Crippen LogP contribution in [0.2, 0.25) is 0 Å². The van der Waals surface area contributed by atoms with E-state index in [0.717, 1.165) is 19.4 Å². The minimum absolute atomic E-state index is 0.160. The van der Waals surface area contributed by atoms with Gasteiger partial charge in [-0.2, -0.15) is 0 Å². The largest absolute Gasteiger partial charge is 0.393 e. The van der Waals surface area contributed by atoms with Gasteiger partial charge in [-0.1, -0.05) is 0 Å². The van der Waals surface area contributed by atoms with Crippen LogP contribution in [0, 0.1) is 0 Å². The van der Waals surface area contributed by atoms with Crippen molar-refractivity contribution in [3.8, 4) is 0 Å². The molecule has 1 saturated heterocycles. The van der Waals surface area contributed by atoms with Gasteiger partial charge in [-0.15, -0.1) is 0 Å². The van der Waals surface area contributed by atoms with Crippen LogP contribution in [0.25, 0.3) is 0 Å². The van der Waals surface area contributed by atoms with Crippen molar-refractivity contribution in [1.82, 2.24) is 0 Å². The molecule has 54 valence electrons. The molecular weight excluding hydrogens is 116 g/mol. The maximum atomic E-state index is 8.83. The van der Waals surface area contributed by atoms with Crippen LogP contribution < -0.4 is 0 Å². The molecule has 1 N–H and O–H groups in total. The minimum Gasteiger partial charge on any atom is -0.393 e. The van der Waals surface area contributed by atoms with Crippen molar-refractivity contribution in [3.63, 3.8) is 0 Å². The average molecular weight is 130 g/mol. The molecule has 0 spiro atoms. The summed E-state index contributed by atoms with van der Waals surface area (Å²) in [4.78, 5) is 0. The van der Waals surface area contributed by atoms with Crippen molar-refractivity contribution in [2.45, 2.75) is 31.8 Å². The van der Waals surface area contributed by atoms with E-state index in [1.165, 1.54) is 6.42 Å². The Kier molecular flexibility index (Phi) is 2.09. The lowest BCUT2D eigenvalue weighted by molar-refractivity contribution is -0.0945. The Bertz CT molecular complexity index is 84.9. The molecule has 2 nitrogen and oxygen atoms in total. The summed E-state index contributed by atoms with van der Waals surface area (Å²) in [5, 5.41) is 8.83. The van der Waals surface area contributed by atoms with Gasteiger partial charge >= 0.3 is 0 Å². The first-order chi connectivity index (χ1) is 4.27. The summed E-state index contributed by atoms with van der Waals surface area (Å²) >= 11 is 0. The van der Waals surface area contributed by atoms with Gasteiger partial charge in [0, 0.05) is 6.61 Å². The third-order valence-corrected chi connectivity index (χ3v) is 1.88. The molecule has 0 radical (unpaired) electrons. The lowest BCUT2D eigenvalue weighted by Gasteiger charge is -2.31. The molecular formula is C7H14O2. The predicted octanol–water partition coefficient (Wildman–Crippen LogP) is 0.938. The highest BCUT2D eigenvalue weighted by atomic mass is 16.5. The van der Waals surface area contributed by atoms with Crippen molar-refractivity contribution < 1.29 is 9.84 Å². The van der Waals surface area contributed by atoms with E-state index in [9.17, 15) is 0 Å². The number of hydrogen-bond donors (Lipinski definition) is 1. The fourth-order valence-corrected chi connectivity index (χ4v) is 1.12. The van der Waals surface area contributed by atoms with Crippen LogP contribution >= 0.6 is 0 Å². The van der Waals surface area contributed by atoms with Gasteiger partial charge in [-0.25, -0.2) is 0 Å². The van der Waals surface area contributed by atoms with Gasteiger partial charge in [-0.3, -0.25) is 0 Å². The summed E-state index contributed by atoms with van der Waals surface area (Å²) in [5.41, 5.74) is -0.224. The van der Waals surface area contributed by atoms with Crippen molar-refractivity contribution in [2.75, 3.05) is 13.2 Å². The SMILES string of the molecule is CC1(CO)CCCCO1. The Balaban J connectivity index is 2.37. The van der Waals surface area contributed by atoms with E-state index in [-0.39, 0.29) is 12.2 Å². The van der Waals surface area contributed by atoms with Gasteiger partial charge in [0.15, 0.2) is 0 Å². The standard InChI is InChI=1S/C7H14O2/c1-7(6-8)4-2-3-5-9-7/h8H,2-6H2,1H3. The lowest BCUT2D eigenvalue weighted by atomic mass is 9.97. The van der Waals surface area contributed by atoms with Crippen LogP contribution in [0.5, 0.6) is 0 Å². The smallest absolute Gasteiger partial charge is 0.0884 e. The second-order valence-corrected chi connectivity index (χ2v) is 2.91. The maximum Gasteiger partial charge on any atom is 0.0884 e. The Morgan fingerprint density at radius 2 is 2.33 bits per heavy atom. The second-order valence-electron chi connectivity index (χ2n) is 2.91. The van der Waals surface area contributed by atoms with Gasteiger partial charge in [0.25, 0.3) is 0 Å². The van der Waals surface area contributed by atoms with Crippen LogP contribution in [0.15, 0.2) is 0 Å². The Morgan fingerprint density at radius 3 is 2.67 bits per heavy atom. The molecule has 0 amide bonds. The molecule has 0 bridgehead atoms. The lowest BCUT2D eigenvalue weighted by Crippen LogP contribution is -2.36. The normalized spacial score (nSPS) is 36.7. The van der Waals surface area contributed by atoms with Crippen LogP contribution in [0.4, 0.5) is 0 Å². The molecule has 0 aromatic rings. The highest BCUT2D eigenvalue weighted by Crippen LogP contribution is 2.22. The predicted molar refractivity (Wildman–Crippen MR) is 35.3 cm³/mol. The third kappa shape index (κ3) is 1.66. The van der Waals surface area contributed by atoms with Crippen LogP contribution in [-0.2, 0) is 4.74 Å². The van der Waals surface area contributed by atoms with Crippen LogP contribution in [0.1, 0.15) is 26.2 Å². The highest BCUT2D eigenvalue weighted by Gasteiger charge is 2.26. The van der Waals surface area contributed by atoms with E-state index in [0.29, 0.717) is 0 Å². The number of aliphatic hydroxyl groups is 1. The van der Waals surface area contributed by atoms with Crippen molar-refractivity contribution in [2.24, 2.45) is 0 Å². The average Bonchev–Trinajstić information content (AvgIpc) is 1.90. The number of aliphatic hydroxyl groups excluding tert-OH is 1. The number of hydrogen-bond acceptors (Lipinski definition) is 2. The molecule has 9 heavy (non-hydrogen) atoms. The quantitative estimate of drug-likeness (QED) is 0.572. The zero-order valence-corrected chi connectivity index (χ0v) is 5.89. The summed E-state index contributed by atoms with van der Waals surface area (Å²) in [7, 11) is 0. The first kappa shape index (κ1) is 7.03. The van der Waals surface area contributed by atoms with Gasteiger partial charge in [0.05, 0.1) is 12.2 Å². The molecule has 1 rings (SSSR count). The van der Waals surface area contributed by atoms with Gasteiger partial charge < -0.3 is 9.84 Å². The van der Waals surface area contributed by atoms with E-state index < -0.39 is 0 Å². The molecule has 0 aromatic carbocycles. The summed E-state index contributed by atoms with van der Waals surface area (Å²) in [6, 6.07) is 0. The molecule has 0 saturated carbocycles. The summed E-state index contributed by atoms with van der Waals surface area (Å²) in [6.07, 6.45) is 3.34. The molecule has 1 atom stereocenters. The number of ether oxygens (including phenoxy) is 1. The third-order valence-electron chi connectivity index (χ3n) is 1.88. The first-order valence-corrected chi connectivity index (χ1v) is 3.52. The van der Waals surface area contributed by atoms with Crippen molar-refractivity contribution >= 4 is 0 Å². The van der Waals surface area contributed by atoms with Gasteiger partial charge in [-0.05, 0) is 26.2 Å². The highest BCUT2D eigenvalue weighted by molar-refractivity contribution is 4.76. The fraction of sp³-hybridized carbons (Fsp3) is 1.00. The molecule has 1 aliphatic rings. The first-order valence-electron chi connectivity index (χ1n) is 3.52. The molecule has 1 fully saturated rings. The minimum atomic E-state index is -0.224. The monoisotopic (exact) mass is 130 g/mol. The Labute approximate surface area is 55.8 Å². The summed E-state index contributed by atoms with van der Waals surface area (Å²) in [6.45, 7) is 2.94. The Morgan fingerprint density at radius 1 is 1.56 bits per heavy atom. The topological polar surface area (TPSA) is 29.5 Å². The van der Waals surface area contributed by atoms with Gasteiger partial charge in [0.1, 0.15) is 0 Å². The number of rotatable bonds is 1. The Hall–Kier alpha value is -0.0800.